The van der Waals surface area contributed by atoms with Gasteiger partial charge in [0.25, 0.3) is 0 Å². The predicted octanol–water partition coefficient (Wildman–Crippen LogP) is 4.39. The third-order valence-electron chi connectivity index (χ3n) is 8.77. The minimum atomic E-state index is -0.951. The summed E-state index contributed by atoms with van der Waals surface area (Å²) in [6, 6.07) is 2.19. The van der Waals surface area contributed by atoms with Crippen molar-refractivity contribution < 1.29 is 19.1 Å². The van der Waals surface area contributed by atoms with Crippen molar-refractivity contribution in [2.24, 2.45) is 22.7 Å². The van der Waals surface area contributed by atoms with Crippen LogP contribution in [-0.2, 0) is 16.0 Å². The largest absolute Gasteiger partial charge is 0.479 e. The summed E-state index contributed by atoms with van der Waals surface area (Å²) >= 11 is 0. The SMILES string of the molecule is COC1(C(=O)O)C[C@@]23CC[C@@H]4c5ccoc5CC[C@@]4(C)[C@@H]2CCC1C3. The summed E-state index contributed by atoms with van der Waals surface area (Å²) in [4.78, 5) is 12.1. The van der Waals surface area contributed by atoms with E-state index in [0.29, 0.717) is 18.3 Å². The van der Waals surface area contributed by atoms with E-state index in [2.05, 4.69) is 13.0 Å². The number of carbonyl (C=O) groups is 1. The molecule has 2 unspecified atom stereocenters. The van der Waals surface area contributed by atoms with Gasteiger partial charge >= 0.3 is 5.97 Å². The van der Waals surface area contributed by atoms with Gasteiger partial charge in [-0.2, -0.15) is 0 Å². The Bertz CT molecular complexity index is 723. The molecule has 136 valence electrons. The standard InChI is InChI=1S/C21H28O4/c1-19-8-6-16-14(7-10-25-16)15(19)5-9-20-11-13(3-4-17(19)20)21(12-20,24-2)18(22)23/h7,10,13,15,17H,3-6,8-9,11-12H2,1-2H3,(H,22,23)/t13?,15-,17+,19-,20+,21?/m1/s1. The molecule has 0 aliphatic heterocycles. The van der Waals surface area contributed by atoms with Crippen molar-refractivity contribution in [3.8, 4) is 0 Å². The summed E-state index contributed by atoms with van der Waals surface area (Å²) in [7, 11) is 1.60. The van der Waals surface area contributed by atoms with Crippen molar-refractivity contribution in [3.05, 3.63) is 23.7 Å². The first-order valence-corrected chi connectivity index (χ1v) is 9.80. The number of carboxylic acid groups (broad SMARTS) is 1. The molecule has 0 saturated heterocycles. The maximum Gasteiger partial charge on any atom is 0.336 e. The van der Waals surface area contributed by atoms with Gasteiger partial charge in [-0.25, -0.2) is 4.79 Å². The molecule has 1 spiro atoms. The van der Waals surface area contributed by atoms with Gasteiger partial charge in [-0.3, -0.25) is 0 Å². The number of fused-ring (bicyclic) bond motifs is 5. The molecule has 0 radical (unpaired) electrons. The van der Waals surface area contributed by atoms with Gasteiger partial charge in [0.05, 0.1) is 6.26 Å². The molecule has 0 aromatic carbocycles. The number of carboxylic acids is 1. The quantitative estimate of drug-likeness (QED) is 0.864. The van der Waals surface area contributed by atoms with Crippen LogP contribution in [0.2, 0.25) is 0 Å². The lowest BCUT2D eigenvalue weighted by Gasteiger charge is -2.59. The topological polar surface area (TPSA) is 59.7 Å². The molecule has 1 N–H and O–H groups in total. The van der Waals surface area contributed by atoms with E-state index in [1.807, 2.05) is 6.26 Å². The molecule has 25 heavy (non-hydrogen) atoms. The van der Waals surface area contributed by atoms with E-state index in [4.69, 9.17) is 9.15 Å². The van der Waals surface area contributed by atoms with Crippen LogP contribution >= 0.6 is 0 Å². The van der Waals surface area contributed by atoms with E-state index in [0.717, 1.165) is 38.5 Å². The van der Waals surface area contributed by atoms with Crippen LogP contribution in [-0.4, -0.2) is 23.8 Å². The number of aliphatic carboxylic acids is 1. The van der Waals surface area contributed by atoms with Gasteiger partial charge in [-0.15, -0.1) is 0 Å². The van der Waals surface area contributed by atoms with Crippen LogP contribution < -0.4 is 0 Å². The van der Waals surface area contributed by atoms with Crippen LogP contribution in [0.15, 0.2) is 16.7 Å². The molecule has 3 saturated carbocycles. The molecule has 4 nitrogen and oxygen atoms in total. The van der Waals surface area contributed by atoms with Crippen molar-refractivity contribution in [1.82, 2.24) is 0 Å². The van der Waals surface area contributed by atoms with Crippen LogP contribution in [0.4, 0.5) is 0 Å². The number of rotatable bonds is 2. The fourth-order valence-corrected chi connectivity index (χ4v) is 7.75. The Morgan fingerprint density at radius 1 is 1.32 bits per heavy atom. The van der Waals surface area contributed by atoms with E-state index >= 15 is 0 Å². The lowest BCUT2D eigenvalue weighted by Crippen LogP contribution is -2.51. The Kier molecular flexibility index (Phi) is 3.13. The average molecular weight is 344 g/mol. The van der Waals surface area contributed by atoms with E-state index < -0.39 is 11.6 Å². The number of hydrogen-bond acceptors (Lipinski definition) is 3. The molecule has 3 fully saturated rings. The van der Waals surface area contributed by atoms with Crippen molar-refractivity contribution in [2.45, 2.75) is 69.8 Å². The normalized spacial score (nSPS) is 47.7. The van der Waals surface area contributed by atoms with Gasteiger partial charge in [0.1, 0.15) is 5.76 Å². The molecule has 5 rings (SSSR count). The number of methoxy groups -OCH3 is 1. The fourth-order valence-electron chi connectivity index (χ4n) is 7.75. The summed E-state index contributed by atoms with van der Waals surface area (Å²) in [5, 5.41) is 9.96. The molecule has 4 aliphatic carbocycles. The lowest BCUT2D eigenvalue weighted by atomic mass is 9.45. The first kappa shape index (κ1) is 15.9. The highest BCUT2D eigenvalue weighted by atomic mass is 16.5. The highest BCUT2D eigenvalue weighted by Gasteiger charge is 2.68. The minimum absolute atomic E-state index is 0.157. The Morgan fingerprint density at radius 3 is 2.92 bits per heavy atom. The molecular formula is C21H28O4. The van der Waals surface area contributed by atoms with Gasteiger partial charge in [0, 0.05) is 13.5 Å². The summed E-state index contributed by atoms with van der Waals surface area (Å²) in [6.07, 6.45) is 10.2. The van der Waals surface area contributed by atoms with Crippen LogP contribution in [0.3, 0.4) is 0 Å². The first-order chi connectivity index (χ1) is 12.0. The van der Waals surface area contributed by atoms with E-state index in [1.165, 1.54) is 17.7 Å². The second kappa shape index (κ2) is 4.91. The lowest BCUT2D eigenvalue weighted by molar-refractivity contribution is -0.167. The molecule has 4 aliphatic rings. The van der Waals surface area contributed by atoms with Gasteiger partial charge in [-0.05, 0) is 85.2 Å². The number of aryl methyl sites for hydroxylation is 1. The zero-order valence-corrected chi connectivity index (χ0v) is 15.2. The number of hydrogen-bond donors (Lipinski definition) is 1. The zero-order valence-electron chi connectivity index (χ0n) is 15.2. The van der Waals surface area contributed by atoms with Gasteiger partial charge in [0.15, 0.2) is 5.60 Å². The molecule has 1 aromatic heterocycles. The van der Waals surface area contributed by atoms with Crippen LogP contribution in [0.1, 0.15) is 69.1 Å². The molecule has 1 heterocycles. The van der Waals surface area contributed by atoms with Gasteiger partial charge in [0.2, 0.25) is 0 Å². The van der Waals surface area contributed by atoms with Crippen LogP contribution in [0.5, 0.6) is 0 Å². The molecule has 0 amide bonds. The summed E-state index contributed by atoms with van der Waals surface area (Å²) in [6.45, 7) is 2.48. The van der Waals surface area contributed by atoms with E-state index in [1.54, 1.807) is 7.11 Å². The summed E-state index contributed by atoms with van der Waals surface area (Å²) in [5.74, 6) is 1.80. The maximum absolute atomic E-state index is 12.1. The van der Waals surface area contributed by atoms with Gasteiger partial charge < -0.3 is 14.3 Å². The Balaban J connectivity index is 1.56. The van der Waals surface area contributed by atoms with Crippen molar-refractivity contribution in [3.63, 3.8) is 0 Å². The molecule has 2 bridgehead atoms. The fraction of sp³-hybridized carbons (Fsp3) is 0.762. The Labute approximate surface area is 148 Å². The first-order valence-electron chi connectivity index (χ1n) is 9.80. The summed E-state index contributed by atoms with van der Waals surface area (Å²) < 4.78 is 11.4. The smallest absolute Gasteiger partial charge is 0.336 e. The van der Waals surface area contributed by atoms with Crippen molar-refractivity contribution >= 4 is 5.97 Å². The molecule has 6 atom stereocenters. The Hall–Kier alpha value is -1.29. The number of ether oxygens (including phenoxy) is 1. The average Bonchev–Trinajstić information content (AvgIpc) is 3.15. The second-order valence-corrected chi connectivity index (χ2v) is 9.37. The third-order valence-corrected chi connectivity index (χ3v) is 8.77. The molecule has 1 aromatic rings. The van der Waals surface area contributed by atoms with E-state index in [-0.39, 0.29) is 16.7 Å². The van der Waals surface area contributed by atoms with Crippen molar-refractivity contribution in [2.75, 3.05) is 7.11 Å². The van der Waals surface area contributed by atoms with Crippen LogP contribution in [0, 0.1) is 22.7 Å². The minimum Gasteiger partial charge on any atom is -0.479 e. The maximum atomic E-state index is 12.1. The summed E-state index contributed by atoms with van der Waals surface area (Å²) in [5.41, 5.74) is 0.902. The van der Waals surface area contributed by atoms with Gasteiger partial charge in [-0.1, -0.05) is 6.92 Å². The second-order valence-electron chi connectivity index (χ2n) is 9.37. The van der Waals surface area contributed by atoms with Crippen LogP contribution in [0.25, 0.3) is 0 Å². The third kappa shape index (κ3) is 1.79. The monoisotopic (exact) mass is 344 g/mol. The van der Waals surface area contributed by atoms with E-state index in [9.17, 15) is 9.90 Å². The zero-order chi connectivity index (χ0) is 17.4. The Morgan fingerprint density at radius 2 is 2.16 bits per heavy atom. The highest BCUT2D eigenvalue weighted by molar-refractivity contribution is 5.79. The predicted molar refractivity (Wildman–Crippen MR) is 92.4 cm³/mol. The molecular weight excluding hydrogens is 316 g/mol. The molecule has 4 heteroatoms. The number of furan rings is 1. The highest BCUT2D eigenvalue weighted by Crippen LogP contribution is 2.72. The van der Waals surface area contributed by atoms with Crippen molar-refractivity contribution in [1.29, 1.82) is 0 Å².